The number of carbonyl (C=O) groups is 1. The van der Waals surface area contributed by atoms with E-state index in [9.17, 15) is 9.18 Å². The number of rotatable bonds is 5. The van der Waals surface area contributed by atoms with Gasteiger partial charge in [-0.15, -0.1) is 0 Å². The Morgan fingerprint density at radius 1 is 1.15 bits per heavy atom. The Hall–Kier alpha value is -2.36. The van der Waals surface area contributed by atoms with E-state index in [0.29, 0.717) is 13.0 Å². The summed E-state index contributed by atoms with van der Waals surface area (Å²) >= 11 is 0. The highest BCUT2D eigenvalue weighted by atomic mass is 19.1. The maximum absolute atomic E-state index is 13.0. The topological polar surface area (TPSA) is 38.3 Å². The van der Waals surface area contributed by atoms with E-state index >= 15 is 0 Å². The molecule has 0 spiro atoms. The molecule has 0 radical (unpaired) electrons. The minimum Gasteiger partial charge on any atom is -0.497 e. The van der Waals surface area contributed by atoms with Crippen molar-refractivity contribution >= 4 is 5.91 Å². The van der Waals surface area contributed by atoms with Crippen LogP contribution in [0.1, 0.15) is 11.1 Å². The number of halogens is 1. The molecule has 104 valence electrons. The Kier molecular flexibility index (Phi) is 4.71. The first kappa shape index (κ1) is 14.1. The molecule has 1 N–H and O–H groups in total. The van der Waals surface area contributed by atoms with Crippen molar-refractivity contribution in [2.24, 2.45) is 0 Å². The van der Waals surface area contributed by atoms with E-state index < -0.39 is 0 Å². The first-order valence-corrected chi connectivity index (χ1v) is 6.31. The molecule has 0 fully saturated rings. The summed E-state index contributed by atoms with van der Waals surface area (Å²) < 4.78 is 18.0. The molecule has 0 bridgehead atoms. The van der Waals surface area contributed by atoms with Gasteiger partial charge in [-0.2, -0.15) is 0 Å². The number of ether oxygens (including phenoxy) is 1. The van der Waals surface area contributed by atoms with E-state index in [1.807, 2.05) is 24.3 Å². The van der Waals surface area contributed by atoms with Gasteiger partial charge in [-0.05, 0) is 35.4 Å². The molecule has 2 aromatic rings. The number of benzene rings is 2. The number of carbonyl (C=O) groups excluding carboxylic acids is 1. The number of nitrogens with one attached hydrogen (secondary N) is 1. The van der Waals surface area contributed by atoms with Crippen molar-refractivity contribution in [2.45, 2.75) is 13.0 Å². The van der Waals surface area contributed by atoms with Crippen molar-refractivity contribution < 1.29 is 13.9 Å². The average Bonchev–Trinajstić information content (AvgIpc) is 2.46. The van der Waals surface area contributed by atoms with E-state index in [1.165, 1.54) is 12.1 Å². The molecule has 3 nitrogen and oxygen atoms in total. The van der Waals surface area contributed by atoms with Crippen LogP contribution in [-0.2, 0) is 17.8 Å². The predicted molar refractivity (Wildman–Crippen MR) is 74.9 cm³/mol. The molecule has 0 unspecified atom stereocenters. The Bertz CT molecular complexity index is 581. The fourth-order valence-corrected chi connectivity index (χ4v) is 1.84. The van der Waals surface area contributed by atoms with Gasteiger partial charge in [0.2, 0.25) is 5.91 Å². The van der Waals surface area contributed by atoms with Crippen molar-refractivity contribution in [3.05, 3.63) is 65.5 Å². The zero-order chi connectivity index (χ0) is 14.4. The lowest BCUT2D eigenvalue weighted by Crippen LogP contribution is -2.24. The van der Waals surface area contributed by atoms with E-state index in [2.05, 4.69) is 5.32 Å². The lowest BCUT2D eigenvalue weighted by molar-refractivity contribution is -0.120. The third-order valence-corrected chi connectivity index (χ3v) is 2.90. The second-order valence-electron chi connectivity index (χ2n) is 4.43. The minimum absolute atomic E-state index is 0.0978. The van der Waals surface area contributed by atoms with Crippen molar-refractivity contribution in [3.63, 3.8) is 0 Å². The summed E-state index contributed by atoms with van der Waals surface area (Å²) in [5.74, 6) is 0.361. The molecule has 0 aliphatic rings. The van der Waals surface area contributed by atoms with Crippen LogP contribution in [0.15, 0.2) is 48.5 Å². The molecule has 0 aromatic heterocycles. The van der Waals surface area contributed by atoms with Gasteiger partial charge < -0.3 is 10.1 Å². The smallest absolute Gasteiger partial charge is 0.224 e. The van der Waals surface area contributed by atoms with Gasteiger partial charge in [-0.3, -0.25) is 4.79 Å². The monoisotopic (exact) mass is 273 g/mol. The molecule has 4 heteroatoms. The third-order valence-electron chi connectivity index (χ3n) is 2.90. The molecule has 0 aliphatic heterocycles. The summed E-state index contributed by atoms with van der Waals surface area (Å²) in [6.45, 7) is 0.326. The van der Waals surface area contributed by atoms with Gasteiger partial charge >= 0.3 is 0 Å². The van der Waals surface area contributed by atoms with Crippen LogP contribution in [0.3, 0.4) is 0 Å². The number of hydrogen-bond donors (Lipinski definition) is 1. The largest absolute Gasteiger partial charge is 0.497 e. The highest BCUT2D eigenvalue weighted by molar-refractivity contribution is 5.78. The molecule has 0 atom stereocenters. The van der Waals surface area contributed by atoms with E-state index in [4.69, 9.17) is 4.74 Å². The Morgan fingerprint density at radius 2 is 1.90 bits per heavy atom. The molecule has 0 aliphatic carbocycles. The Balaban J connectivity index is 1.85. The van der Waals surface area contributed by atoms with Crippen LogP contribution in [0.5, 0.6) is 5.75 Å². The van der Waals surface area contributed by atoms with Gasteiger partial charge in [-0.25, -0.2) is 4.39 Å². The second-order valence-corrected chi connectivity index (χ2v) is 4.43. The molecule has 0 heterocycles. The summed E-state index contributed by atoms with van der Waals surface area (Å²) in [6, 6.07) is 13.5. The highest BCUT2D eigenvalue weighted by Gasteiger charge is 2.04. The van der Waals surface area contributed by atoms with Crippen molar-refractivity contribution in [2.75, 3.05) is 7.11 Å². The number of hydrogen-bond acceptors (Lipinski definition) is 2. The lowest BCUT2D eigenvalue weighted by Gasteiger charge is -2.06. The molecule has 0 saturated heterocycles. The van der Waals surface area contributed by atoms with Crippen LogP contribution in [-0.4, -0.2) is 13.0 Å². The van der Waals surface area contributed by atoms with E-state index in [-0.39, 0.29) is 11.7 Å². The van der Waals surface area contributed by atoms with Gasteiger partial charge in [0.05, 0.1) is 13.5 Å². The first-order valence-electron chi connectivity index (χ1n) is 6.31. The molecule has 2 aromatic carbocycles. The minimum atomic E-state index is -0.299. The molecular formula is C16H16FNO2. The first-order chi connectivity index (χ1) is 9.67. The normalized spacial score (nSPS) is 10.1. The second kappa shape index (κ2) is 6.70. The van der Waals surface area contributed by atoms with Crippen LogP contribution in [0.25, 0.3) is 0 Å². The van der Waals surface area contributed by atoms with Crippen LogP contribution >= 0.6 is 0 Å². The highest BCUT2D eigenvalue weighted by Crippen LogP contribution is 2.11. The maximum atomic E-state index is 13.0. The fourth-order valence-electron chi connectivity index (χ4n) is 1.84. The lowest BCUT2D eigenvalue weighted by atomic mass is 10.1. The SMILES string of the molecule is COc1ccc(CC(=O)NCc2cccc(F)c2)cc1. The van der Waals surface area contributed by atoms with Crippen molar-refractivity contribution in [3.8, 4) is 5.75 Å². The summed E-state index contributed by atoms with van der Waals surface area (Å²) in [6.07, 6.45) is 0.291. The molecule has 1 amide bonds. The summed E-state index contributed by atoms with van der Waals surface area (Å²) in [7, 11) is 1.60. The third kappa shape index (κ3) is 4.09. The van der Waals surface area contributed by atoms with Gasteiger partial charge in [0.1, 0.15) is 11.6 Å². The fraction of sp³-hybridized carbons (Fsp3) is 0.188. The molecular weight excluding hydrogens is 257 g/mol. The Labute approximate surface area is 117 Å². The zero-order valence-corrected chi connectivity index (χ0v) is 11.2. The summed E-state index contributed by atoms with van der Waals surface area (Å²) in [5, 5.41) is 2.77. The zero-order valence-electron chi connectivity index (χ0n) is 11.2. The van der Waals surface area contributed by atoms with E-state index in [0.717, 1.165) is 16.9 Å². The van der Waals surface area contributed by atoms with E-state index in [1.54, 1.807) is 19.2 Å². The van der Waals surface area contributed by atoms with Crippen LogP contribution < -0.4 is 10.1 Å². The van der Waals surface area contributed by atoms with Gasteiger partial charge in [0.25, 0.3) is 0 Å². The summed E-state index contributed by atoms with van der Waals surface area (Å²) in [5.41, 5.74) is 1.65. The Morgan fingerprint density at radius 3 is 2.55 bits per heavy atom. The van der Waals surface area contributed by atoms with Gasteiger partial charge in [-0.1, -0.05) is 24.3 Å². The maximum Gasteiger partial charge on any atom is 0.224 e. The van der Waals surface area contributed by atoms with Crippen LogP contribution in [0, 0.1) is 5.82 Å². The van der Waals surface area contributed by atoms with Crippen LogP contribution in [0.2, 0.25) is 0 Å². The number of amides is 1. The average molecular weight is 273 g/mol. The quantitative estimate of drug-likeness (QED) is 0.909. The van der Waals surface area contributed by atoms with Crippen LogP contribution in [0.4, 0.5) is 4.39 Å². The molecule has 20 heavy (non-hydrogen) atoms. The summed E-state index contributed by atoms with van der Waals surface area (Å²) in [4.78, 5) is 11.8. The standard InChI is InChI=1S/C16H16FNO2/c1-20-15-7-5-12(6-8-15)10-16(19)18-11-13-3-2-4-14(17)9-13/h2-9H,10-11H2,1H3,(H,18,19). The van der Waals surface area contributed by atoms with Gasteiger partial charge in [0.15, 0.2) is 0 Å². The number of methoxy groups -OCH3 is 1. The van der Waals surface area contributed by atoms with Gasteiger partial charge in [0, 0.05) is 6.54 Å². The van der Waals surface area contributed by atoms with Crippen molar-refractivity contribution in [1.29, 1.82) is 0 Å². The predicted octanol–water partition coefficient (Wildman–Crippen LogP) is 2.69. The van der Waals surface area contributed by atoms with Crippen molar-refractivity contribution in [1.82, 2.24) is 5.32 Å². The molecule has 2 rings (SSSR count). The molecule has 0 saturated carbocycles.